The van der Waals surface area contributed by atoms with E-state index >= 15 is 0 Å². The first-order chi connectivity index (χ1) is 24.7. The highest BCUT2D eigenvalue weighted by atomic mass is 15.2. The van der Waals surface area contributed by atoms with Crippen LogP contribution >= 0.6 is 0 Å². The standard InChI is InChI=1S/C45H31N5/c1-30-41(49-50-40(33-13-5-2-6-14-33)29-38-19-11-12-20-39(38)42(30)50)34-25-21-31(22-26-34)32-23-27-37(28-24-32)45-47-43(35-15-7-3-8-16-35)46-44(48-45)36-17-9-4-10-18-36/h2-29H,1H3. The molecule has 50 heavy (non-hydrogen) atoms. The number of hydrogen-bond acceptors (Lipinski definition) is 4. The smallest absolute Gasteiger partial charge is 0.164 e. The lowest BCUT2D eigenvalue weighted by molar-refractivity contribution is 0.979. The monoisotopic (exact) mass is 641 g/mol. The summed E-state index contributed by atoms with van der Waals surface area (Å²) in [6, 6.07) is 58.5. The van der Waals surface area contributed by atoms with E-state index < -0.39 is 0 Å². The summed E-state index contributed by atoms with van der Waals surface area (Å²) in [5, 5.41) is 7.62. The van der Waals surface area contributed by atoms with Crippen LogP contribution in [0.1, 0.15) is 5.56 Å². The van der Waals surface area contributed by atoms with Gasteiger partial charge < -0.3 is 0 Å². The maximum Gasteiger partial charge on any atom is 0.164 e. The predicted octanol–water partition coefficient (Wildman–Crippen LogP) is 11.0. The Morgan fingerprint density at radius 2 is 0.820 bits per heavy atom. The van der Waals surface area contributed by atoms with E-state index in [1.807, 2.05) is 66.7 Å². The van der Waals surface area contributed by atoms with Crippen LogP contribution in [0.25, 0.3) is 84.1 Å². The maximum absolute atomic E-state index is 5.21. The fourth-order valence-corrected chi connectivity index (χ4v) is 6.69. The second-order valence-corrected chi connectivity index (χ2v) is 12.4. The first kappa shape index (κ1) is 29.4. The zero-order valence-electron chi connectivity index (χ0n) is 27.4. The molecule has 0 unspecified atom stereocenters. The van der Waals surface area contributed by atoms with Crippen molar-refractivity contribution in [2.45, 2.75) is 6.92 Å². The third-order valence-corrected chi connectivity index (χ3v) is 9.26. The second-order valence-electron chi connectivity index (χ2n) is 12.4. The number of pyridine rings is 1. The molecule has 0 N–H and O–H groups in total. The molecule has 3 heterocycles. The topological polar surface area (TPSA) is 56.0 Å². The van der Waals surface area contributed by atoms with E-state index in [2.05, 4.69) is 115 Å². The molecule has 9 aromatic rings. The maximum atomic E-state index is 5.21. The normalized spacial score (nSPS) is 11.3. The first-order valence-electron chi connectivity index (χ1n) is 16.7. The summed E-state index contributed by atoms with van der Waals surface area (Å²) in [7, 11) is 0. The van der Waals surface area contributed by atoms with Crippen molar-refractivity contribution in [2.75, 3.05) is 0 Å². The van der Waals surface area contributed by atoms with Gasteiger partial charge in [-0.2, -0.15) is 5.10 Å². The van der Waals surface area contributed by atoms with E-state index in [0.29, 0.717) is 17.5 Å². The van der Waals surface area contributed by atoms with E-state index in [-0.39, 0.29) is 0 Å². The van der Waals surface area contributed by atoms with Gasteiger partial charge in [0.25, 0.3) is 0 Å². The fourth-order valence-electron chi connectivity index (χ4n) is 6.69. The zero-order chi connectivity index (χ0) is 33.4. The summed E-state index contributed by atoms with van der Waals surface area (Å²) < 4.78 is 2.11. The van der Waals surface area contributed by atoms with E-state index in [1.165, 1.54) is 10.8 Å². The van der Waals surface area contributed by atoms with Gasteiger partial charge in [-0.05, 0) is 29.5 Å². The SMILES string of the molecule is Cc1c(-c2ccc(-c3ccc(-c4nc(-c5ccccc5)nc(-c5ccccc5)n4)cc3)cc2)nn2c(-c3ccccc3)cc3ccccc3c12. The molecule has 0 fully saturated rings. The molecule has 0 spiro atoms. The molecule has 6 aromatic carbocycles. The molecule has 0 aliphatic heterocycles. The van der Waals surface area contributed by atoms with Gasteiger partial charge in [-0.15, -0.1) is 0 Å². The summed E-state index contributed by atoms with van der Waals surface area (Å²) in [6.45, 7) is 2.18. The van der Waals surface area contributed by atoms with Crippen LogP contribution in [0.3, 0.4) is 0 Å². The van der Waals surface area contributed by atoms with Crippen LogP contribution in [-0.4, -0.2) is 24.6 Å². The van der Waals surface area contributed by atoms with Crippen LogP contribution in [0, 0.1) is 6.92 Å². The molecule has 0 saturated heterocycles. The van der Waals surface area contributed by atoms with E-state index in [9.17, 15) is 0 Å². The molecule has 0 aliphatic carbocycles. The lowest BCUT2D eigenvalue weighted by atomic mass is 9.99. The Morgan fingerprint density at radius 1 is 0.400 bits per heavy atom. The Balaban J connectivity index is 1.06. The van der Waals surface area contributed by atoms with Crippen LogP contribution in [0.15, 0.2) is 170 Å². The zero-order valence-corrected chi connectivity index (χ0v) is 27.4. The van der Waals surface area contributed by atoms with Gasteiger partial charge in [-0.1, -0.05) is 164 Å². The Kier molecular flexibility index (Phi) is 7.29. The largest absolute Gasteiger partial charge is 0.232 e. The Labute approximate surface area is 290 Å². The van der Waals surface area contributed by atoms with Crippen LogP contribution < -0.4 is 0 Å². The van der Waals surface area contributed by atoms with E-state index in [1.54, 1.807) is 0 Å². The van der Waals surface area contributed by atoms with Gasteiger partial charge in [0.15, 0.2) is 17.5 Å². The lowest BCUT2D eigenvalue weighted by Crippen LogP contribution is -2.00. The number of aromatic nitrogens is 5. The van der Waals surface area contributed by atoms with Crippen LogP contribution in [-0.2, 0) is 0 Å². The second kappa shape index (κ2) is 12.4. The van der Waals surface area contributed by atoms with Crippen molar-refractivity contribution in [1.82, 2.24) is 24.6 Å². The predicted molar refractivity (Wildman–Crippen MR) is 203 cm³/mol. The summed E-state index contributed by atoms with van der Waals surface area (Å²) in [4.78, 5) is 14.6. The van der Waals surface area contributed by atoms with Gasteiger partial charge in [0.1, 0.15) is 0 Å². The summed E-state index contributed by atoms with van der Waals surface area (Å²) in [5.74, 6) is 1.95. The van der Waals surface area contributed by atoms with Gasteiger partial charge >= 0.3 is 0 Å². The molecule has 236 valence electrons. The highest BCUT2D eigenvalue weighted by Gasteiger charge is 2.18. The minimum absolute atomic E-state index is 0.643. The van der Waals surface area contributed by atoms with Crippen molar-refractivity contribution in [3.8, 4) is 67.8 Å². The highest BCUT2D eigenvalue weighted by Crippen LogP contribution is 2.35. The number of rotatable bonds is 6. The molecular formula is C45H31N5. The van der Waals surface area contributed by atoms with Crippen molar-refractivity contribution in [1.29, 1.82) is 0 Å². The first-order valence-corrected chi connectivity index (χ1v) is 16.7. The quantitative estimate of drug-likeness (QED) is 0.181. The van der Waals surface area contributed by atoms with E-state index in [0.717, 1.165) is 61.4 Å². The lowest BCUT2D eigenvalue weighted by Gasteiger charge is -2.09. The van der Waals surface area contributed by atoms with Crippen molar-refractivity contribution >= 4 is 16.3 Å². The highest BCUT2D eigenvalue weighted by molar-refractivity contribution is 6.01. The Bertz CT molecular complexity index is 2550. The van der Waals surface area contributed by atoms with Gasteiger partial charge in [0, 0.05) is 38.8 Å². The number of aryl methyl sites for hydroxylation is 1. The average Bonchev–Trinajstić information content (AvgIpc) is 3.55. The number of fused-ring (bicyclic) bond motifs is 3. The molecular weight excluding hydrogens is 611 g/mol. The van der Waals surface area contributed by atoms with Gasteiger partial charge in [-0.25, -0.2) is 19.5 Å². The molecule has 3 aromatic heterocycles. The molecule has 5 heteroatoms. The Hall–Kier alpha value is -6.72. The molecule has 9 rings (SSSR count). The van der Waals surface area contributed by atoms with Crippen LogP contribution in [0.2, 0.25) is 0 Å². The van der Waals surface area contributed by atoms with Crippen LogP contribution in [0.4, 0.5) is 0 Å². The van der Waals surface area contributed by atoms with Crippen LogP contribution in [0.5, 0.6) is 0 Å². The molecule has 0 aliphatic rings. The summed E-state index contributed by atoms with van der Waals surface area (Å²) in [5.41, 5.74) is 11.7. The summed E-state index contributed by atoms with van der Waals surface area (Å²) >= 11 is 0. The number of benzene rings is 6. The molecule has 0 bridgehead atoms. The average molecular weight is 642 g/mol. The molecule has 0 atom stereocenters. The third kappa shape index (κ3) is 5.31. The van der Waals surface area contributed by atoms with Crippen molar-refractivity contribution in [3.63, 3.8) is 0 Å². The number of nitrogens with zero attached hydrogens (tertiary/aromatic N) is 5. The Morgan fingerprint density at radius 3 is 1.36 bits per heavy atom. The molecule has 5 nitrogen and oxygen atoms in total. The van der Waals surface area contributed by atoms with Gasteiger partial charge in [0.2, 0.25) is 0 Å². The fraction of sp³-hybridized carbons (Fsp3) is 0.0222. The van der Waals surface area contributed by atoms with Gasteiger partial charge in [-0.3, -0.25) is 0 Å². The minimum atomic E-state index is 0.643. The van der Waals surface area contributed by atoms with Crippen molar-refractivity contribution < 1.29 is 0 Å². The summed E-state index contributed by atoms with van der Waals surface area (Å²) in [6.07, 6.45) is 0. The number of hydrogen-bond donors (Lipinski definition) is 0. The van der Waals surface area contributed by atoms with Crippen molar-refractivity contribution in [2.24, 2.45) is 0 Å². The minimum Gasteiger partial charge on any atom is -0.232 e. The molecule has 0 saturated carbocycles. The van der Waals surface area contributed by atoms with Gasteiger partial charge in [0.05, 0.1) is 16.9 Å². The van der Waals surface area contributed by atoms with E-state index in [4.69, 9.17) is 20.1 Å². The molecule has 0 amide bonds. The van der Waals surface area contributed by atoms with Crippen molar-refractivity contribution in [3.05, 3.63) is 175 Å². The third-order valence-electron chi connectivity index (χ3n) is 9.26. The molecule has 0 radical (unpaired) electrons.